The van der Waals surface area contributed by atoms with Crippen molar-refractivity contribution in [1.29, 1.82) is 0 Å². The number of hydrogen-bond donors (Lipinski definition) is 1. The van der Waals surface area contributed by atoms with Gasteiger partial charge in [0.25, 0.3) is 0 Å². The average molecular weight is 293 g/mol. The van der Waals surface area contributed by atoms with E-state index < -0.39 is 23.5 Å². The molecule has 1 nitrogen and oxygen atoms in total. The maximum Gasteiger partial charge on any atom is 0.128 e. The van der Waals surface area contributed by atoms with E-state index in [0.29, 0.717) is 17.7 Å². The van der Waals surface area contributed by atoms with Gasteiger partial charge in [0.1, 0.15) is 17.5 Å². The van der Waals surface area contributed by atoms with Crippen LogP contribution in [0, 0.1) is 31.3 Å². The molecule has 2 rings (SSSR count). The molecule has 4 heteroatoms. The summed E-state index contributed by atoms with van der Waals surface area (Å²) in [4.78, 5) is 0. The van der Waals surface area contributed by atoms with Gasteiger partial charge in [0.15, 0.2) is 0 Å². The van der Waals surface area contributed by atoms with Gasteiger partial charge in [-0.3, -0.25) is 0 Å². The lowest BCUT2D eigenvalue weighted by Gasteiger charge is -2.22. The molecule has 0 aliphatic rings. The van der Waals surface area contributed by atoms with Gasteiger partial charge in [-0.2, -0.15) is 0 Å². The minimum atomic E-state index is -0.716. The Morgan fingerprint density at radius 1 is 1.00 bits per heavy atom. The molecule has 1 atom stereocenters. The Morgan fingerprint density at radius 3 is 2.33 bits per heavy atom. The highest BCUT2D eigenvalue weighted by Gasteiger charge is 2.23. The highest BCUT2D eigenvalue weighted by molar-refractivity contribution is 5.40. The third-order valence-corrected chi connectivity index (χ3v) is 3.45. The second kappa shape index (κ2) is 6.31. The third kappa shape index (κ3) is 3.27. The molecule has 0 saturated carbocycles. The van der Waals surface area contributed by atoms with E-state index in [0.717, 1.165) is 23.8 Å². The fourth-order valence-corrected chi connectivity index (χ4v) is 2.60. The third-order valence-electron chi connectivity index (χ3n) is 3.45. The topological polar surface area (TPSA) is 12.0 Å². The number of rotatable bonds is 4. The molecule has 0 bridgehead atoms. The zero-order chi connectivity index (χ0) is 15.6. The SMILES string of the molecule is CCNC(c1cc(F)ccc1F)c1c(C)cc(C)cc1F. The molecule has 1 N–H and O–H groups in total. The largest absolute Gasteiger partial charge is 0.306 e. The van der Waals surface area contributed by atoms with Crippen LogP contribution in [0.4, 0.5) is 13.2 Å². The molecule has 0 amide bonds. The van der Waals surface area contributed by atoms with Gasteiger partial charge in [0, 0.05) is 11.1 Å². The first-order valence-electron chi connectivity index (χ1n) is 6.89. The lowest BCUT2D eigenvalue weighted by Crippen LogP contribution is -2.25. The predicted octanol–water partition coefficient (Wildman–Crippen LogP) is 4.42. The maximum atomic E-state index is 14.3. The highest BCUT2D eigenvalue weighted by atomic mass is 19.1. The van der Waals surface area contributed by atoms with Crippen LogP contribution in [-0.2, 0) is 0 Å². The Kier molecular flexibility index (Phi) is 4.68. The van der Waals surface area contributed by atoms with E-state index in [-0.39, 0.29) is 5.56 Å². The molecular formula is C17H18F3N. The van der Waals surface area contributed by atoms with E-state index in [1.54, 1.807) is 13.8 Å². The summed E-state index contributed by atoms with van der Waals surface area (Å²) >= 11 is 0. The fourth-order valence-electron chi connectivity index (χ4n) is 2.60. The van der Waals surface area contributed by atoms with Crippen LogP contribution in [0.1, 0.15) is 35.2 Å². The lowest BCUT2D eigenvalue weighted by molar-refractivity contribution is 0.520. The summed E-state index contributed by atoms with van der Waals surface area (Å²) in [6, 6.07) is 5.76. The van der Waals surface area contributed by atoms with Crippen molar-refractivity contribution in [2.45, 2.75) is 26.8 Å². The van der Waals surface area contributed by atoms with E-state index in [2.05, 4.69) is 5.32 Å². The molecule has 0 saturated heterocycles. The summed E-state index contributed by atoms with van der Waals surface area (Å²) < 4.78 is 41.8. The van der Waals surface area contributed by atoms with E-state index in [4.69, 9.17) is 0 Å². The zero-order valence-corrected chi connectivity index (χ0v) is 12.3. The Balaban J connectivity index is 2.61. The van der Waals surface area contributed by atoms with Crippen molar-refractivity contribution in [3.05, 3.63) is 70.0 Å². The van der Waals surface area contributed by atoms with Crippen LogP contribution in [0.2, 0.25) is 0 Å². The van der Waals surface area contributed by atoms with Crippen LogP contribution in [-0.4, -0.2) is 6.54 Å². The van der Waals surface area contributed by atoms with Crippen LogP contribution in [0.15, 0.2) is 30.3 Å². The average Bonchev–Trinajstić information content (AvgIpc) is 2.39. The maximum absolute atomic E-state index is 14.3. The van der Waals surface area contributed by atoms with Gasteiger partial charge >= 0.3 is 0 Å². The smallest absolute Gasteiger partial charge is 0.128 e. The van der Waals surface area contributed by atoms with Crippen LogP contribution in [0.5, 0.6) is 0 Å². The number of benzene rings is 2. The van der Waals surface area contributed by atoms with Crippen molar-refractivity contribution in [2.75, 3.05) is 6.54 Å². The van der Waals surface area contributed by atoms with Gasteiger partial charge in [0.05, 0.1) is 6.04 Å². The molecule has 0 aliphatic carbocycles. The monoisotopic (exact) mass is 293 g/mol. The molecule has 1 unspecified atom stereocenters. The van der Waals surface area contributed by atoms with Gasteiger partial charge in [0.2, 0.25) is 0 Å². The summed E-state index contributed by atoms with van der Waals surface area (Å²) in [5, 5.41) is 3.04. The summed E-state index contributed by atoms with van der Waals surface area (Å²) in [6.07, 6.45) is 0. The lowest BCUT2D eigenvalue weighted by atomic mass is 9.92. The highest BCUT2D eigenvalue weighted by Crippen LogP contribution is 2.30. The summed E-state index contributed by atoms with van der Waals surface area (Å²) in [6.45, 7) is 5.91. The minimum absolute atomic E-state index is 0.114. The Hall–Kier alpha value is -1.81. The Labute approximate surface area is 122 Å². The van der Waals surface area contributed by atoms with Crippen molar-refractivity contribution in [1.82, 2.24) is 5.32 Å². The Morgan fingerprint density at radius 2 is 1.71 bits per heavy atom. The standard InChI is InChI=1S/C17H18F3N/c1-4-21-17(13-9-12(18)5-6-14(13)19)16-11(3)7-10(2)8-15(16)20/h5-9,17,21H,4H2,1-3H3. The van der Waals surface area contributed by atoms with Crippen molar-refractivity contribution in [2.24, 2.45) is 0 Å². The van der Waals surface area contributed by atoms with Crippen molar-refractivity contribution >= 4 is 0 Å². The van der Waals surface area contributed by atoms with E-state index in [1.807, 2.05) is 13.0 Å². The van der Waals surface area contributed by atoms with E-state index in [1.165, 1.54) is 6.07 Å². The number of nitrogens with one attached hydrogen (secondary N) is 1. The molecule has 0 aromatic heterocycles. The van der Waals surface area contributed by atoms with Crippen molar-refractivity contribution < 1.29 is 13.2 Å². The molecule has 2 aromatic carbocycles. The van der Waals surface area contributed by atoms with E-state index >= 15 is 0 Å². The molecule has 21 heavy (non-hydrogen) atoms. The molecular weight excluding hydrogens is 275 g/mol. The second-order valence-corrected chi connectivity index (χ2v) is 5.13. The van der Waals surface area contributed by atoms with Crippen LogP contribution in [0.25, 0.3) is 0 Å². The first-order valence-corrected chi connectivity index (χ1v) is 6.89. The number of aryl methyl sites for hydroxylation is 2. The summed E-state index contributed by atoms with van der Waals surface area (Å²) in [5.74, 6) is -1.51. The van der Waals surface area contributed by atoms with Gasteiger partial charge in [-0.1, -0.05) is 13.0 Å². The van der Waals surface area contributed by atoms with Gasteiger partial charge < -0.3 is 5.32 Å². The predicted molar refractivity (Wildman–Crippen MR) is 77.8 cm³/mol. The van der Waals surface area contributed by atoms with Gasteiger partial charge in [-0.15, -0.1) is 0 Å². The van der Waals surface area contributed by atoms with Crippen molar-refractivity contribution in [3.8, 4) is 0 Å². The molecule has 0 aliphatic heterocycles. The normalized spacial score (nSPS) is 12.5. The van der Waals surface area contributed by atoms with Gasteiger partial charge in [-0.25, -0.2) is 13.2 Å². The second-order valence-electron chi connectivity index (χ2n) is 5.13. The first-order chi connectivity index (χ1) is 9.93. The van der Waals surface area contributed by atoms with Crippen LogP contribution < -0.4 is 5.32 Å². The fraction of sp³-hybridized carbons (Fsp3) is 0.294. The number of halogens is 3. The van der Waals surface area contributed by atoms with Crippen LogP contribution >= 0.6 is 0 Å². The van der Waals surface area contributed by atoms with Crippen LogP contribution in [0.3, 0.4) is 0 Å². The minimum Gasteiger partial charge on any atom is -0.306 e. The molecule has 0 heterocycles. The zero-order valence-electron chi connectivity index (χ0n) is 12.3. The summed E-state index contributed by atoms with van der Waals surface area (Å²) in [5.41, 5.74) is 1.97. The molecule has 0 spiro atoms. The molecule has 0 radical (unpaired) electrons. The molecule has 2 aromatic rings. The van der Waals surface area contributed by atoms with E-state index in [9.17, 15) is 13.2 Å². The molecule has 112 valence electrons. The molecule has 0 fully saturated rings. The Bertz CT molecular complexity index is 629. The van der Waals surface area contributed by atoms with Gasteiger partial charge in [-0.05, 0) is 55.8 Å². The van der Waals surface area contributed by atoms with Crippen molar-refractivity contribution in [3.63, 3.8) is 0 Å². The summed E-state index contributed by atoms with van der Waals surface area (Å²) in [7, 11) is 0. The quantitative estimate of drug-likeness (QED) is 0.880. The first kappa shape index (κ1) is 15.6. The number of hydrogen-bond acceptors (Lipinski definition) is 1.